The van der Waals surface area contributed by atoms with Crippen LogP contribution in [0, 0.1) is 13.8 Å². The van der Waals surface area contributed by atoms with Crippen molar-refractivity contribution in [1.29, 1.82) is 0 Å². The molecular formula is C17H26N3O3+. The van der Waals surface area contributed by atoms with Crippen molar-refractivity contribution in [3.63, 3.8) is 0 Å². The van der Waals surface area contributed by atoms with Crippen LogP contribution in [0.1, 0.15) is 17.5 Å². The minimum atomic E-state index is -1.14. The second-order valence-corrected chi connectivity index (χ2v) is 6.51. The standard InChI is InChI=1S/C17H25N3O3/c1-12-5-4-6-13(2)16(12)18-15(21)11-14(17(22)23)20-9-7-19(3)8-10-20/h4-6,14H,7-11H2,1-3H3,(H,18,21)(H,22,23)/p+1/t14-/m0/s1. The summed E-state index contributed by atoms with van der Waals surface area (Å²) in [6, 6.07) is 4.99. The van der Waals surface area contributed by atoms with Crippen LogP contribution in [0.15, 0.2) is 18.2 Å². The van der Waals surface area contributed by atoms with E-state index in [-0.39, 0.29) is 12.3 Å². The van der Waals surface area contributed by atoms with E-state index in [2.05, 4.69) is 12.4 Å². The van der Waals surface area contributed by atoms with Crippen LogP contribution >= 0.6 is 0 Å². The Morgan fingerprint density at radius 2 is 1.74 bits per heavy atom. The van der Waals surface area contributed by atoms with E-state index in [1.807, 2.05) is 32.0 Å². The number of para-hydroxylation sites is 1. The molecule has 2 rings (SSSR count). The number of quaternary nitrogens is 2. The van der Waals surface area contributed by atoms with Crippen molar-refractivity contribution in [3.8, 4) is 0 Å². The number of aryl methyl sites for hydroxylation is 2. The molecule has 0 aliphatic carbocycles. The van der Waals surface area contributed by atoms with Gasteiger partial charge in [-0.3, -0.25) is 4.79 Å². The highest BCUT2D eigenvalue weighted by Gasteiger charge is 2.30. The molecule has 0 spiro atoms. The lowest BCUT2D eigenvalue weighted by Gasteiger charge is -2.33. The van der Waals surface area contributed by atoms with E-state index < -0.39 is 12.0 Å². The zero-order valence-electron chi connectivity index (χ0n) is 14.1. The van der Waals surface area contributed by atoms with Gasteiger partial charge in [-0.1, -0.05) is 18.2 Å². The van der Waals surface area contributed by atoms with E-state index in [1.165, 1.54) is 4.90 Å². The number of piperazine rings is 1. The molecule has 6 heteroatoms. The van der Waals surface area contributed by atoms with Gasteiger partial charge in [0.25, 0.3) is 0 Å². The first-order valence-electron chi connectivity index (χ1n) is 8.11. The Labute approximate surface area is 137 Å². The van der Waals surface area contributed by atoms with Gasteiger partial charge in [0.1, 0.15) is 32.2 Å². The molecule has 1 atom stereocenters. The smallest absolute Gasteiger partial charge is 0.230 e. The van der Waals surface area contributed by atoms with Crippen LogP contribution < -0.4 is 20.2 Å². The molecule has 1 heterocycles. The van der Waals surface area contributed by atoms with Crippen molar-refractivity contribution in [2.75, 3.05) is 38.5 Å². The molecule has 1 aliphatic heterocycles. The Kier molecular flexibility index (Phi) is 5.74. The van der Waals surface area contributed by atoms with Gasteiger partial charge >= 0.3 is 0 Å². The maximum atomic E-state index is 12.3. The van der Waals surface area contributed by atoms with E-state index in [4.69, 9.17) is 0 Å². The number of likely N-dealkylation sites (N-methyl/N-ethyl adjacent to an activating group) is 1. The second kappa shape index (κ2) is 7.57. The average Bonchev–Trinajstić information content (AvgIpc) is 2.49. The molecular weight excluding hydrogens is 294 g/mol. The first-order valence-corrected chi connectivity index (χ1v) is 8.11. The van der Waals surface area contributed by atoms with Crippen molar-refractivity contribution in [1.82, 2.24) is 0 Å². The molecule has 1 saturated heterocycles. The molecule has 6 nitrogen and oxygen atoms in total. The maximum absolute atomic E-state index is 12.3. The summed E-state index contributed by atoms with van der Waals surface area (Å²) in [4.78, 5) is 26.1. The molecule has 23 heavy (non-hydrogen) atoms. The number of aliphatic carboxylic acids is 1. The third kappa shape index (κ3) is 4.53. The number of carboxylic acids is 1. The minimum Gasteiger partial charge on any atom is -0.544 e. The van der Waals surface area contributed by atoms with Gasteiger partial charge in [-0.2, -0.15) is 0 Å². The highest BCUT2D eigenvalue weighted by Crippen LogP contribution is 2.19. The SMILES string of the molecule is Cc1cccc(C)c1NC(=O)C[C@@H](C(=O)[O-])[NH+]1CC[NH+](C)CC1. The summed E-state index contributed by atoms with van der Waals surface area (Å²) < 4.78 is 0. The minimum absolute atomic E-state index is 0.0511. The second-order valence-electron chi connectivity index (χ2n) is 6.51. The summed E-state index contributed by atoms with van der Waals surface area (Å²) in [5.74, 6) is -1.41. The summed E-state index contributed by atoms with van der Waals surface area (Å²) in [5.41, 5.74) is 2.71. The Morgan fingerprint density at radius 1 is 1.17 bits per heavy atom. The molecule has 0 unspecified atom stereocenters. The number of hydrogen-bond donors (Lipinski definition) is 3. The van der Waals surface area contributed by atoms with Gasteiger partial charge in [-0.15, -0.1) is 0 Å². The number of benzene rings is 1. The first kappa shape index (κ1) is 17.4. The van der Waals surface area contributed by atoms with Crippen LogP contribution in [0.2, 0.25) is 0 Å². The van der Waals surface area contributed by atoms with E-state index in [0.29, 0.717) is 0 Å². The van der Waals surface area contributed by atoms with Gasteiger partial charge in [0.05, 0.1) is 19.4 Å². The maximum Gasteiger partial charge on any atom is 0.230 e. The van der Waals surface area contributed by atoms with E-state index in [0.717, 1.165) is 47.9 Å². The van der Waals surface area contributed by atoms with E-state index in [1.54, 1.807) is 0 Å². The van der Waals surface area contributed by atoms with Crippen LogP contribution in [-0.2, 0) is 9.59 Å². The largest absolute Gasteiger partial charge is 0.544 e. The fourth-order valence-electron chi connectivity index (χ4n) is 3.13. The molecule has 126 valence electrons. The third-order valence-corrected chi connectivity index (χ3v) is 4.66. The number of carboxylic acid groups (broad SMARTS) is 1. The number of hydrogen-bond acceptors (Lipinski definition) is 3. The molecule has 1 fully saturated rings. The van der Waals surface area contributed by atoms with Gasteiger partial charge in [0, 0.05) is 5.69 Å². The topological polar surface area (TPSA) is 78.1 Å². The quantitative estimate of drug-likeness (QED) is 0.547. The number of anilines is 1. The number of rotatable bonds is 5. The number of nitrogens with one attached hydrogen (secondary N) is 3. The zero-order valence-corrected chi connectivity index (χ0v) is 14.1. The zero-order chi connectivity index (χ0) is 17.0. The molecule has 1 aliphatic rings. The van der Waals surface area contributed by atoms with Gasteiger partial charge in [-0.05, 0) is 25.0 Å². The van der Waals surface area contributed by atoms with Gasteiger partial charge in [0.2, 0.25) is 5.91 Å². The summed E-state index contributed by atoms with van der Waals surface area (Å²) >= 11 is 0. The van der Waals surface area contributed by atoms with Crippen molar-refractivity contribution in [3.05, 3.63) is 29.3 Å². The fraction of sp³-hybridized carbons (Fsp3) is 0.529. The van der Waals surface area contributed by atoms with E-state index >= 15 is 0 Å². The molecule has 0 saturated carbocycles. The van der Waals surface area contributed by atoms with Crippen molar-refractivity contribution >= 4 is 17.6 Å². The Balaban J connectivity index is 2.02. The average molecular weight is 320 g/mol. The lowest BCUT2D eigenvalue weighted by molar-refractivity contribution is -1.01. The molecule has 1 aromatic rings. The summed E-state index contributed by atoms with van der Waals surface area (Å²) in [6.45, 7) is 7.18. The summed E-state index contributed by atoms with van der Waals surface area (Å²) in [5, 5.41) is 14.3. The van der Waals surface area contributed by atoms with Gasteiger partial charge < -0.3 is 25.0 Å². The normalized spacial score (nSPS) is 22.4. The predicted octanol–water partition coefficient (Wildman–Crippen LogP) is -2.84. The molecule has 3 N–H and O–H groups in total. The molecule has 1 aromatic carbocycles. The van der Waals surface area contributed by atoms with Crippen LogP contribution in [0.5, 0.6) is 0 Å². The highest BCUT2D eigenvalue weighted by molar-refractivity contribution is 5.94. The van der Waals surface area contributed by atoms with Crippen LogP contribution in [0.25, 0.3) is 0 Å². The first-order chi connectivity index (χ1) is 10.9. The molecule has 0 radical (unpaired) electrons. The van der Waals surface area contributed by atoms with E-state index in [9.17, 15) is 14.7 Å². The highest BCUT2D eigenvalue weighted by atomic mass is 16.4. The lowest BCUT2D eigenvalue weighted by Crippen LogP contribution is -3.29. The van der Waals surface area contributed by atoms with Crippen LogP contribution in [-0.4, -0.2) is 51.1 Å². The fourth-order valence-corrected chi connectivity index (χ4v) is 3.13. The van der Waals surface area contributed by atoms with Crippen molar-refractivity contribution in [2.45, 2.75) is 26.3 Å². The Hall–Kier alpha value is -1.92. The Morgan fingerprint density at radius 3 is 2.26 bits per heavy atom. The number of carbonyl (C=O) groups excluding carboxylic acids is 2. The third-order valence-electron chi connectivity index (χ3n) is 4.66. The monoisotopic (exact) mass is 320 g/mol. The summed E-state index contributed by atoms with van der Waals surface area (Å²) in [6.07, 6.45) is -0.0511. The van der Waals surface area contributed by atoms with Crippen LogP contribution in [0.3, 0.4) is 0 Å². The van der Waals surface area contributed by atoms with Crippen LogP contribution in [0.4, 0.5) is 5.69 Å². The predicted molar refractivity (Wildman–Crippen MR) is 85.3 cm³/mol. The molecule has 1 amide bonds. The Bertz CT molecular complexity index is 560. The van der Waals surface area contributed by atoms with Gasteiger partial charge in [0.15, 0.2) is 0 Å². The number of amides is 1. The number of carbonyl (C=O) groups is 2. The van der Waals surface area contributed by atoms with Crippen molar-refractivity contribution in [2.24, 2.45) is 0 Å². The van der Waals surface area contributed by atoms with Crippen molar-refractivity contribution < 1.29 is 24.5 Å². The molecule has 0 bridgehead atoms. The lowest BCUT2D eigenvalue weighted by atomic mass is 10.1. The van der Waals surface area contributed by atoms with Gasteiger partial charge in [-0.25, -0.2) is 0 Å². The molecule has 0 aromatic heterocycles. The summed E-state index contributed by atoms with van der Waals surface area (Å²) in [7, 11) is 2.10.